The van der Waals surface area contributed by atoms with Crippen LogP contribution in [0.2, 0.25) is 5.02 Å². The number of aromatic amines is 1. The van der Waals surface area contributed by atoms with Crippen molar-refractivity contribution in [1.29, 1.82) is 0 Å². The first kappa shape index (κ1) is 23.7. The highest BCUT2D eigenvalue weighted by molar-refractivity contribution is 6.32. The molecule has 36 heavy (non-hydrogen) atoms. The van der Waals surface area contributed by atoms with Crippen LogP contribution in [0.25, 0.3) is 22.1 Å². The highest BCUT2D eigenvalue weighted by atomic mass is 35.5. The van der Waals surface area contributed by atoms with Gasteiger partial charge in [-0.25, -0.2) is 9.97 Å². The number of rotatable bonds is 4. The maximum absolute atomic E-state index is 12.7. The summed E-state index contributed by atoms with van der Waals surface area (Å²) in [7, 11) is 1.61. The molecule has 2 aromatic heterocycles. The van der Waals surface area contributed by atoms with Crippen LogP contribution < -0.4 is 9.64 Å². The van der Waals surface area contributed by atoms with E-state index in [1.807, 2.05) is 76.2 Å². The Morgan fingerprint density at radius 2 is 1.72 bits per heavy atom. The Morgan fingerprint density at radius 3 is 2.50 bits per heavy atom. The largest absolute Gasteiger partial charge is 0.495 e. The van der Waals surface area contributed by atoms with E-state index in [4.69, 9.17) is 16.3 Å². The molecule has 1 fully saturated rings. The quantitative estimate of drug-likeness (QED) is 0.388. The predicted molar refractivity (Wildman–Crippen MR) is 143 cm³/mol. The van der Waals surface area contributed by atoms with E-state index in [1.165, 1.54) is 0 Å². The van der Waals surface area contributed by atoms with Crippen LogP contribution in [0, 0.1) is 0 Å². The molecule has 0 atom stereocenters. The normalized spacial score (nSPS) is 13.5. The lowest BCUT2D eigenvalue weighted by Crippen LogP contribution is -2.49. The smallest absolute Gasteiger partial charge is 0.242 e. The Labute approximate surface area is 214 Å². The first-order valence-electron chi connectivity index (χ1n) is 11.8. The van der Waals surface area contributed by atoms with E-state index in [0.717, 1.165) is 40.8 Å². The molecule has 1 aliphatic rings. The average molecular weight is 503 g/mol. The molecule has 3 heterocycles. The lowest BCUT2D eigenvalue weighted by Gasteiger charge is -2.36. The third kappa shape index (κ3) is 5.13. The number of fused-ring (bicyclic) bond motifs is 2. The Bertz CT molecular complexity index is 1440. The van der Waals surface area contributed by atoms with Crippen LogP contribution in [0.5, 0.6) is 5.75 Å². The minimum Gasteiger partial charge on any atom is -0.495 e. The molecule has 1 saturated heterocycles. The summed E-state index contributed by atoms with van der Waals surface area (Å²) in [6.45, 7) is 3.25. The summed E-state index contributed by atoms with van der Waals surface area (Å²) in [5, 5.41) is 0.600. The molecule has 3 aromatic carbocycles. The Kier molecular flexibility index (Phi) is 7.04. The third-order valence-corrected chi connectivity index (χ3v) is 6.61. The van der Waals surface area contributed by atoms with Crippen LogP contribution in [0.1, 0.15) is 0 Å². The van der Waals surface area contributed by atoms with Gasteiger partial charge < -0.3 is 24.1 Å². The summed E-state index contributed by atoms with van der Waals surface area (Å²) in [6, 6.07) is 21.6. The molecular weight excluding hydrogens is 476 g/mol. The molecule has 184 valence electrons. The minimum atomic E-state index is 0.117. The molecule has 6 rings (SSSR count). The second-order valence-corrected chi connectivity index (χ2v) is 8.87. The van der Waals surface area contributed by atoms with Gasteiger partial charge in [0, 0.05) is 37.9 Å². The number of hydrogen-bond donors (Lipinski definition) is 1. The van der Waals surface area contributed by atoms with Crippen molar-refractivity contribution in [3.8, 4) is 5.75 Å². The highest BCUT2D eigenvalue weighted by Crippen LogP contribution is 2.29. The number of carbonyl (C=O) groups excluding carboxylic acids is 1. The number of amides is 1. The molecule has 0 spiro atoms. The van der Waals surface area contributed by atoms with E-state index in [1.54, 1.807) is 19.8 Å². The number of ether oxygens (including phenoxy) is 1. The molecular formula is C27H27ClN6O2. The van der Waals surface area contributed by atoms with E-state index in [-0.39, 0.29) is 5.91 Å². The number of nitrogens with zero attached hydrogens (tertiary/aromatic N) is 5. The lowest BCUT2D eigenvalue weighted by molar-refractivity contribution is -0.132. The Morgan fingerprint density at radius 1 is 0.972 bits per heavy atom. The van der Waals surface area contributed by atoms with Gasteiger partial charge in [-0.05, 0) is 36.4 Å². The molecule has 5 aromatic rings. The number of imidazole rings is 2. The zero-order valence-electron chi connectivity index (χ0n) is 20.0. The van der Waals surface area contributed by atoms with Crippen molar-refractivity contribution >= 4 is 45.3 Å². The average Bonchev–Trinajstić information content (AvgIpc) is 3.57. The number of anilines is 1. The fraction of sp³-hybridized carbons (Fsp3) is 0.222. The number of hydrogen-bond acceptors (Lipinski definition) is 5. The summed E-state index contributed by atoms with van der Waals surface area (Å²) >= 11 is 6.11. The zero-order valence-corrected chi connectivity index (χ0v) is 20.7. The van der Waals surface area contributed by atoms with Crippen molar-refractivity contribution in [3.05, 3.63) is 84.4 Å². The SMILES string of the molecule is COc1cc(N2CCN(C(=O)Cn3cnc4ccccc43)CC2)ccc1Cl.c1ccc2[nH]cnc2c1. The number of aromatic nitrogens is 4. The van der Waals surface area contributed by atoms with Gasteiger partial charge in [0.05, 0.1) is 46.9 Å². The van der Waals surface area contributed by atoms with E-state index < -0.39 is 0 Å². The maximum atomic E-state index is 12.7. The summed E-state index contributed by atoms with van der Waals surface area (Å²) in [6.07, 6.45) is 3.43. The zero-order chi connectivity index (χ0) is 24.9. The second kappa shape index (κ2) is 10.7. The molecule has 1 N–H and O–H groups in total. The second-order valence-electron chi connectivity index (χ2n) is 8.47. The third-order valence-electron chi connectivity index (χ3n) is 6.29. The molecule has 0 bridgehead atoms. The van der Waals surface area contributed by atoms with Gasteiger partial charge in [-0.2, -0.15) is 0 Å². The van der Waals surface area contributed by atoms with Gasteiger partial charge in [0.1, 0.15) is 12.3 Å². The topological polar surface area (TPSA) is 79.3 Å². The van der Waals surface area contributed by atoms with Crippen molar-refractivity contribution in [2.24, 2.45) is 0 Å². The predicted octanol–water partition coefficient (Wildman–Crippen LogP) is 4.61. The highest BCUT2D eigenvalue weighted by Gasteiger charge is 2.22. The van der Waals surface area contributed by atoms with Gasteiger partial charge in [0.15, 0.2) is 0 Å². The van der Waals surface area contributed by atoms with Crippen molar-refractivity contribution in [1.82, 2.24) is 24.4 Å². The van der Waals surface area contributed by atoms with Crippen LogP contribution in [-0.2, 0) is 11.3 Å². The van der Waals surface area contributed by atoms with Crippen LogP contribution in [0.3, 0.4) is 0 Å². The van der Waals surface area contributed by atoms with Crippen molar-refractivity contribution in [2.45, 2.75) is 6.54 Å². The first-order valence-corrected chi connectivity index (χ1v) is 12.1. The minimum absolute atomic E-state index is 0.117. The number of benzene rings is 3. The van der Waals surface area contributed by atoms with E-state index >= 15 is 0 Å². The fourth-order valence-corrected chi connectivity index (χ4v) is 4.52. The summed E-state index contributed by atoms with van der Waals surface area (Å²) in [5.74, 6) is 0.783. The molecule has 8 nitrogen and oxygen atoms in total. The first-order chi connectivity index (χ1) is 17.6. The van der Waals surface area contributed by atoms with Gasteiger partial charge in [0.25, 0.3) is 0 Å². The van der Waals surface area contributed by atoms with E-state index in [9.17, 15) is 4.79 Å². The number of para-hydroxylation sites is 4. The summed E-state index contributed by atoms with van der Waals surface area (Å²) in [5.41, 5.74) is 5.07. The molecule has 0 saturated carbocycles. The number of piperazine rings is 1. The van der Waals surface area contributed by atoms with Gasteiger partial charge in [0.2, 0.25) is 5.91 Å². The Hall–Kier alpha value is -4.04. The summed E-state index contributed by atoms with van der Waals surface area (Å²) in [4.78, 5) is 28.3. The van der Waals surface area contributed by atoms with Crippen molar-refractivity contribution in [2.75, 3.05) is 38.2 Å². The molecule has 0 radical (unpaired) electrons. The standard InChI is InChI=1S/C20H21ClN4O2.C7H6N2/c1-27-19-12-15(6-7-16(19)21)23-8-10-24(11-9-23)20(26)13-25-14-22-17-4-2-3-5-18(17)25;1-2-4-7-6(3-1)8-5-9-7/h2-7,12,14H,8-11,13H2,1H3;1-5H,(H,8,9). The molecule has 9 heteroatoms. The Balaban J connectivity index is 0.000000247. The van der Waals surface area contributed by atoms with E-state index in [0.29, 0.717) is 30.4 Å². The molecule has 1 amide bonds. The summed E-state index contributed by atoms with van der Waals surface area (Å²) < 4.78 is 7.21. The number of nitrogens with one attached hydrogen (secondary N) is 1. The van der Waals surface area contributed by atoms with Crippen LogP contribution in [0.15, 0.2) is 79.4 Å². The van der Waals surface area contributed by atoms with Crippen LogP contribution >= 0.6 is 11.6 Å². The maximum Gasteiger partial charge on any atom is 0.242 e. The van der Waals surface area contributed by atoms with Gasteiger partial charge >= 0.3 is 0 Å². The molecule has 1 aliphatic heterocycles. The molecule has 0 unspecified atom stereocenters. The van der Waals surface area contributed by atoms with Crippen LogP contribution in [0.4, 0.5) is 5.69 Å². The number of halogens is 1. The molecule has 0 aliphatic carbocycles. The number of methoxy groups -OCH3 is 1. The van der Waals surface area contributed by atoms with Crippen LogP contribution in [-0.4, -0.2) is 63.6 Å². The van der Waals surface area contributed by atoms with Gasteiger partial charge in [-0.15, -0.1) is 0 Å². The van der Waals surface area contributed by atoms with Gasteiger partial charge in [-0.1, -0.05) is 35.9 Å². The lowest BCUT2D eigenvalue weighted by atomic mass is 10.2. The van der Waals surface area contributed by atoms with Crippen molar-refractivity contribution in [3.63, 3.8) is 0 Å². The van der Waals surface area contributed by atoms with Crippen molar-refractivity contribution < 1.29 is 9.53 Å². The number of H-pyrrole nitrogens is 1. The monoisotopic (exact) mass is 502 g/mol. The van der Waals surface area contributed by atoms with E-state index in [2.05, 4.69) is 19.9 Å². The number of carbonyl (C=O) groups is 1. The van der Waals surface area contributed by atoms with Gasteiger partial charge in [-0.3, -0.25) is 4.79 Å². The fourth-order valence-electron chi connectivity index (χ4n) is 4.32.